The van der Waals surface area contributed by atoms with Crippen molar-refractivity contribution in [2.24, 2.45) is 4.99 Å². The molecule has 0 radical (unpaired) electrons. The summed E-state index contributed by atoms with van der Waals surface area (Å²) in [6.45, 7) is 0. The van der Waals surface area contributed by atoms with E-state index in [2.05, 4.69) is 193 Å². The first-order chi connectivity index (χ1) is 30.7. The molecule has 1 aliphatic carbocycles. The van der Waals surface area contributed by atoms with Gasteiger partial charge in [0.15, 0.2) is 0 Å². The van der Waals surface area contributed by atoms with Crippen LogP contribution < -0.4 is 10.1 Å². The highest BCUT2D eigenvalue weighted by atomic mass is 16.5. The number of hydrogen-bond donors (Lipinski definition) is 1. The number of hydrogen-bond acceptors (Lipinski definition) is 4. The summed E-state index contributed by atoms with van der Waals surface area (Å²) in [5, 5.41) is 15.6. The van der Waals surface area contributed by atoms with Crippen LogP contribution in [0.25, 0.3) is 49.9 Å². The van der Waals surface area contributed by atoms with Gasteiger partial charge in [-0.15, -0.1) is 0 Å². The molecule has 0 amide bonds. The standard InChI is InChI=1S/C58H37N3O/c59-36-37-23-25-38(26-24-37)43-30-31-44(46-18-8-7-17-45(43)46)41-28-32-56-52(33-41)58(50-21-11-12-22-55(50)62-56)49-20-10-9-19-47(49)48-29-27-42(34-51(48)58)57-60-53(39-13-3-1-4-14-39)35-54(61-57)40-15-5-2-6-16-40/h1-35,53H,(H,60,61). The molecular formula is C58H37N3O. The number of nitrogens with zero attached hydrogens (tertiary/aromatic N) is 2. The number of nitrogens with one attached hydrogen (secondary N) is 1. The van der Waals surface area contributed by atoms with Gasteiger partial charge in [0.05, 0.1) is 28.8 Å². The van der Waals surface area contributed by atoms with E-state index in [9.17, 15) is 5.26 Å². The van der Waals surface area contributed by atoms with Gasteiger partial charge >= 0.3 is 0 Å². The van der Waals surface area contributed by atoms with Crippen LogP contribution >= 0.6 is 0 Å². The molecule has 9 aromatic carbocycles. The molecule has 62 heavy (non-hydrogen) atoms. The third-order valence-corrected chi connectivity index (χ3v) is 12.9. The highest BCUT2D eigenvalue weighted by Gasteiger charge is 2.51. The molecule has 1 spiro atoms. The summed E-state index contributed by atoms with van der Waals surface area (Å²) in [6.07, 6.45) is 2.23. The van der Waals surface area contributed by atoms with E-state index in [0.29, 0.717) is 5.56 Å². The van der Waals surface area contributed by atoms with Crippen molar-refractivity contribution in [1.29, 1.82) is 5.26 Å². The summed E-state index contributed by atoms with van der Waals surface area (Å²) < 4.78 is 6.87. The van der Waals surface area contributed by atoms with Crippen LogP contribution in [-0.4, -0.2) is 5.84 Å². The van der Waals surface area contributed by atoms with Crippen molar-refractivity contribution in [2.75, 3.05) is 0 Å². The summed E-state index contributed by atoms with van der Waals surface area (Å²) in [7, 11) is 0. The van der Waals surface area contributed by atoms with Gasteiger partial charge in [-0.3, -0.25) is 0 Å². The van der Waals surface area contributed by atoms with Gasteiger partial charge in [-0.2, -0.15) is 5.26 Å². The Kier molecular flexibility index (Phi) is 8.16. The lowest BCUT2D eigenvalue weighted by molar-refractivity contribution is 0.436. The number of benzene rings is 9. The molecule has 2 aliphatic heterocycles. The van der Waals surface area contributed by atoms with E-state index >= 15 is 0 Å². The maximum atomic E-state index is 9.46. The van der Waals surface area contributed by atoms with Crippen LogP contribution in [0.1, 0.15) is 50.5 Å². The quantitative estimate of drug-likeness (QED) is 0.189. The highest BCUT2D eigenvalue weighted by molar-refractivity contribution is 6.06. The van der Waals surface area contributed by atoms with Gasteiger partial charge in [-0.25, -0.2) is 4.99 Å². The van der Waals surface area contributed by atoms with Crippen molar-refractivity contribution in [3.8, 4) is 50.9 Å². The van der Waals surface area contributed by atoms with Crippen LogP contribution in [0.3, 0.4) is 0 Å². The van der Waals surface area contributed by atoms with Gasteiger partial charge < -0.3 is 10.1 Å². The lowest BCUT2D eigenvalue weighted by Gasteiger charge is -2.40. The zero-order valence-corrected chi connectivity index (χ0v) is 33.6. The molecule has 290 valence electrons. The summed E-state index contributed by atoms with van der Waals surface area (Å²) in [5.41, 5.74) is 15.7. The number of rotatable bonds is 5. The smallest absolute Gasteiger partial charge is 0.134 e. The van der Waals surface area contributed by atoms with E-state index < -0.39 is 5.41 Å². The van der Waals surface area contributed by atoms with E-state index in [1.54, 1.807) is 0 Å². The van der Waals surface area contributed by atoms with Gasteiger partial charge in [0, 0.05) is 16.7 Å². The van der Waals surface area contributed by atoms with Crippen molar-refractivity contribution < 1.29 is 4.74 Å². The van der Waals surface area contributed by atoms with Crippen molar-refractivity contribution in [2.45, 2.75) is 11.5 Å². The zero-order valence-electron chi connectivity index (χ0n) is 33.6. The van der Waals surface area contributed by atoms with Crippen molar-refractivity contribution in [3.63, 3.8) is 0 Å². The van der Waals surface area contributed by atoms with E-state index in [0.717, 1.165) is 78.3 Å². The van der Waals surface area contributed by atoms with Crippen LogP contribution in [-0.2, 0) is 5.41 Å². The van der Waals surface area contributed by atoms with Crippen molar-refractivity contribution >= 4 is 22.3 Å². The fourth-order valence-corrected chi connectivity index (χ4v) is 10.0. The lowest BCUT2D eigenvalue weighted by Crippen LogP contribution is -2.34. The number of nitriles is 1. The molecule has 12 rings (SSSR count). The molecular weight excluding hydrogens is 755 g/mol. The molecule has 2 heterocycles. The maximum Gasteiger partial charge on any atom is 0.134 e. The van der Waals surface area contributed by atoms with Gasteiger partial charge in [-0.1, -0.05) is 170 Å². The zero-order chi connectivity index (χ0) is 41.2. The summed E-state index contributed by atoms with van der Waals surface area (Å²) in [5.74, 6) is 2.52. The van der Waals surface area contributed by atoms with Crippen LogP contribution in [0.5, 0.6) is 11.5 Å². The number of ether oxygens (including phenoxy) is 1. The van der Waals surface area contributed by atoms with Crippen LogP contribution in [0.4, 0.5) is 0 Å². The summed E-state index contributed by atoms with van der Waals surface area (Å²) >= 11 is 0. The van der Waals surface area contributed by atoms with Crippen molar-refractivity contribution in [3.05, 3.63) is 257 Å². The normalized spacial score (nSPS) is 16.7. The third kappa shape index (κ3) is 5.49. The molecule has 4 heteroatoms. The molecule has 0 bridgehead atoms. The Bertz CT molecular complexity index is 3360. The monoisotopic (exact) mass is 791 g/mol. The molecule has 0 saturated heterocycles. The second kappa shape index (κ2) is 14.2. The Labute approximate surface area is 360 Å². The Morgan fingerprint density at radius 1 is 0.468 bits per heavy atom. The topological polar surface area (TPSA) is 57.4 Å². The van der Waals surface area contributed by atoms with Gasteiger partial charge in [-0.05, 0) is 109 Å². The molecule has 1 N–H and O–H groups in total. The summed E-state index contributed by atoms with van der Waals surface area (Å²) in [4.78, 5) is 5.34. The predicted octanol–water partition coefficient (Wildman–Crippen LogP) is 13.6. The van der Waals surface area contributed by atoms with E-state index in [4.69, 9.17) is 9.73 Å². The van der Waals surface area contributed by atoms with Gasteiger partial charge in [0.2, 0.25) is 0 Å². The minimum Gasteiger partial charge on any atom is -0.457 e. The molecule has 0 saturated carbocycles. The fraction of sp³-hybridized carbons (Fsp3) is 0.0345. The number of aliphatic imine (C=N–C) groups is 1. The molecule has 0 aromatic heterocycles. The van der Waals surface area contributed by atoms with E-state index in [1.165, 1.54) is 27.8 Å². The number of para-hydroxylation sites is 1. The second-order valence-electron chi connectivity index (χ2n) is 16.2. The lowest BCUT2D eigenvalue weighted by atomic mass is 9.65. The minimum atomic E-state index is -0.688. The Morgan fingerprint density at radius 2 is 1.05 bits per heavy atom. The second-order valence-corrected chi connectivity index (χ2v) is 16.2. The van der Waals surface area contributed by atoms with Crippen molar-refractivity contribution in [1.82, 2.24) is 5.32 Å². The molecule has 3 aliphatic rings. The summed E-state index contributed by atoms with van der Waals surface area (Å²) in [6, 6.07) is 75.2. The Hall–Kier alpha value is -8.26. The Balaban J connectivity index is 1.07. The first-order valence-electron chi connectivity index (χ1n) is 21.0. The van der Waals surface area contributed by atoms with Crippen LogP contribution in [0, 0.1) is 11.3 Å². The SMILES string of the molecule is N#Cc1ccc(-c2ccc(-c3ccc4c(c3)C3(c5ccccc5O4)c4ccccc4-c4ccc(C5=NC(c6ccccc6)=CC(c6ccccc6)N5)cc43)c3ccccc23)cc1. The van der Waals surface area contributed by atoms with E-state index in [-0.39, 0.29) is 6.04 Å². The maximum absolute atomic E-state index is 9.46. The fourth-order valence-electron chi connectivity index (χ4n) is 10.0. The highest BCUT2D eigenvalue weighted by Crippen LogP contribution is 2.62. The van der Waals surface area contributed by atoms with Gasteiger partial charge in [0.1, 0.15) is 17.3 Å². The molecule has 9 aromatic rings. The van der Waals surface area contributed by atoms with Gasteiger partial charge in [0.25, 0.3) is 0 Å². The predicted molar refractivity (Wildman–Crippen MR) is 250 cm³/mol. The molecule has 4 nitrogen and oxygen atoms in total. The van der Waals surface area contributed by atoms with E-state index in [1.807, 2.05) is 30.3 Å². The average Bonchev–Trinajstić information content (AvgIpc) is 3.64. The largest absolute Gasteiger partial charge is 0.457 e. The molecule has 2 atom stereocenters. The first-order valence-corrected chi connectivity index (χ1v) is 21.0. The third-order valence-electron chi connectivity index (χ3n) is 12.9. The minimum absolute atomic E-state index is 0.0662. The Morgan fingerprint density at radius 3 is 1.82 bits per heavy atom. The average molecular weight is 792 g/mol. The number of amidine groups is 1. The molecule has 2 unspecified atom stereocenters. The van der Waals surface area contributed by atoms with Crippen LogP contribution in [0.2, 0.25) is 0 Å². The first kappa shape index (κ1) is 35.7. The van der Waals surface area contributed by atoms with Crippen LogP contribution in [0.15, 0.2) is 217 Å². The number of fused-ring (bicyclic) bond motifs is 10. The molecule has 0 fully saturated rings.